The average Bonchev–Trinajstić information content (AvgIpc) is 2.70. The second kappa shape index (κ2) is 4.61. The standard InChI is InChI=1S/C11H17ClN2O2S/c1-8-3-4-10(5-9(8)2)14-6-11(13-7-14)17(12,15)16/h6-10H,3-5H2,1-2H3. The second-order valence-electron chi connectivity index (χ2n) is 5.02. The number of nitrogens with zero attached hydrogens (tertiary/aromatic N) is 2. The van der Waals surface area contributed by atoms with E-state index < -0.39 is 9.05 Å². The summed E-state index contributed by atoms with van der Waals surface area (Å²) < 4.78 is 24.2. The maximum atomic E-state index is 11.1. The second-order valence-corrected chi connectivity index (χ2v) is 7.53. The van der Waals surface area contributed by atoms with Gasteiger partial charge in [-0.25, -0.2) is 13.4 Å². The molecule has 0 amide bonds. The SMILES string of the molecule is CC1CCC(n2cnc(S(=O)(=O)Cl)c2)CC1C. The zero-order chi connectivity index (χ0) is 12.6. The van der Waals surface area contributed by atoms with Crippen LogP contribution in [0.5, 0.6) is 0 Å². The fourth-order valence-electron chi connectivity index (χ4n) is 2.43. The summed E-state index contributed by atoms with van der Waals surface area (Å²) in [6, 6.07) is 0.348. The molecule has 0 spiro atoms. The van der Waals surface area contributed by atoms with E-state index in [2.05, 4.69) is 18.8 Å². The lowest BCUT2D eigenvalue weighted by atomic mass is 9.79. The molecule has 0 N–H and O–H groups in total. The monoisotopic (exact) mass is 276 g/mol. The van der Waals surface area contributed by atoms with Crippen LogP contribution in [0.15, 0.2) is 17.6 Å². The molecule has 3 unspecified atom stereocenters. The highest BCUT2D eigenvalue weighted by atomic mass is 35.7. The molecule has 0 saturated heterocycles. The summed E-state index contributed by atoms with van der Waals surface area (Å²) in [4.78, 5) is 3.85. The molecule has 3 atom stereocenters. The van der Waals surface area contributed by atoms with Crippen LogP contribution in [0.1, 0.15) is 39.2 Å². The van der Waals surface area contributed by atoms with Crippen molar-refractivity contribution in [3.05, 3.63) is 12.5 Å². The summed E-state index contributed by atoms with van der Waals surface area (Å²) in [6.45, 7) is 4.51. The summed E-state index contributed by atoms with van der Waals surface area (Å²) in [6.07, 6.45) is 6.42. The minimum absolute atomic E-state index is 0.0505. The molecule has 1 fully saturated rings. The Kier molecular flexibility index (Phi) is 3.50. The zero-order valence-corrected chi connectivity index (χ0v) is 11.6. The van der Waals surface area contributed by atoms with Gasteiger partial charge in [-0.05, 0) is 31.1 Å². The molecular weight excluding hydrogens is 260 g/mol. The first kappa shape index (κ1) is 12.9. The molecule has 17 heavy (non-hydrogen) atoms. The Labute approximate surface area is 106 Å². The molecule has 0 bridgehead atoms. The summed E-state index contributed by atoms with van der Waals surface area (Å²) in [5.74, 6) is 1.40. The molecule has 1 aliphatic rings. The van der Waals surface area contributed by atoms with Crippen LogP contribution < -0.4 is 0 Å². The van der Waals surface area contributed by atoms with Crippen molar-refractivity contribution in [3.8, 4) is 0 Å². The van der Waals surface area contributed by atoms with Crippen LogP contribution >= 0.6 is 10.7 Å². The lowest BCUT2D eigenvalue weighted by Gasteiger charge is -2.32. The summed E-state index contributed by atoms with van der Waals surface area (Å²) >= 11 is 0. The lowest BCUT2D eigenvalue weighted by molar-refractivity contribution is 0.210. The van der Waals surface area contributed by atoms with Gasteiger partial charge in [0.1, 0.15) is 0 Å². The van der Waals surface area contributed by atoms with E-state index in [-0.39, 0.29) is 5.03 Å². The van der Waals surface area contributed by atoms with Crippen LogP contribution in [0.25, 0.3) is 0 Å². The normalized spacial score (nSPS) is 30.4. The van der Waals surface area contributed by atoms with Crippen LogP contribution in [0, 0.1) is 11.8 Å². The van der Waals surface area contributed by atoms with E-state index in [0.29, 0.717) is 12.0 Å². The first-order valence-corrected chi connectivity index (χ1v) is 8.17. The van der Waals surface area contributed by atoms with Crippen molar-refractivity contribution in [2.75, 3.05) is 0 Å². The minimum atomic E-state index is -3.70. The van der Waals surface area contributed by atoms with Gasteiger partial charge in [0, 0.05) is 22.9 Å². The van der Waals surface area contributed by atoms with Crippen molar-refractivity contribution in [2.45, 2.75) is 44.2 Å². The summed E-state index contributed by atoms with van der Waals surface area (Å²) in [5, 5.41) is -0.0505. The fraction of sp³-hybridized carbons (Fsp3) is 0.727. The number of imidazole rings is 1. The predicted molar refractivity (Wildman–Crippen MR) is 66.5 cm³/mol. The third-order valence-electron chi connectivity index (χ3n) is 3.82. The van der Waals surface area contributed by atoms with E-state index in [1.54, 1.807) is 6.33 Å². The molecule has 1 aliphatic carbocycles. The molecular formula is C11H17ClN2O2S. The topological polar surface area (TPSA) is 52.0 Å². The molecule has 4 nitrogen and oxygen atoms in total. The van der Waals surface area contributed by atoms with Gasteiger partial charge in [0.25, 0.3) is 9.05 Å². The number of aromatic nitrogens is 2. The number of halogens is 1. The number of hydrogen-bond acceptors (Lipinski definition) is 3. The molecule has 2 rings (SSSR count). The van der Waals surface area contributed by atoms with E-state index in [1.807, 2.05) is 4.57 Å². The van der Waals surface area contributed by atoms with Gasteiger partial charge in [-0.3, -0.25) is 0 Å². The van der Waals surface area contributed by atoms with E-state index in [0.717, 1.165) is 18.8 Å². The van der Waals surface area contributed by atoms with Crippen molar-refractivity contribution in [2.24, 2.45) is 11.8 Å². The first-order valence-electron chi connectivity index (χ1n) is 5.86. The van der Waals surface area contributed by atoms with Gasteiger partial charge in [-0.2, -0.15) is 0 Å². The summed E-state index contributed by atoms with van der Waals surface area (Å²) in [7, 11) is 1.55. The average molecular weight is 277 g/mol. The molecule has 1 aromatic rings. The third kappa shape index (κ3) is 2.83. The first-order chi connectivity index (χ1) is 7.88. The molecule has 6 heteroatoms. The predicted octanol–water partition coefficient (Wildman–Crippen LogP) is 2.81. The number of rotatable bonds is 2. The highest BCUT2D eigenvalue weighted by molar-refractivity contribution is 8.13. The van der Waals surface area contributed by atoms with E-state index >= 15 is 0 Å². The number of hydrogen-bond donors (Lipinski definition) is 0. The Morgan fingerprint density at radius 2 is 2.06 bits per heavy atom. The Balaban J connectivity index is 2.16. The van der Waals surface area contributed by atoms with E-state index in [1.165, 1.54) is 12.6 Å². The van der Waals surface area contributed by atoms with Crippen LogP contribution in [0.4, 0.5) is 0 Å². The molecule has 1 saturated carbocycles. The van der Waals surface area contributed by atoms with Gasteiger partial charge < -0.3 is 4.57 Å². The zero-order valence-electron chi connectivity index (χ0n) is 10.0. The highest BCUT2D eigenvalue weighted by Gasteiger charge is 2.26. The fourth-order valence-corrected chi connectivity index (χ4v) is 3.09. The van der Waals surface area contributed by atoms with Gasteiger partial charge >= 0.3 is 0 Å². The van der Waals surface area contributed by atoms with Gasteiger partial charge in [-0.15, -0.1) is 0 Å². The largest absolute Gasteiger partial charge is 0.333 e. The van der Waals surface area contributed by atoms with Crippen molar-refractivity contribution >= 4 is 19.7 Å². The third-order valence-corrected chi connectivity index (χ3v) is 5.00. The van der Waals surface area contributed by atoms with Crippen LogP contribution in [0.2, 0.25) is 0 Å². The molecule has 96 valence electrons. The van der Waals surface area contributed by atoms with Crippen LogP contribution in [0.3, 0.4) is 0 Å². The van der Waals surface area contributed by atoms with Gasteiger partial charge in [0.05, 0.1) is 6.33 Å². The molecule has 1 aromatic heterocycles. The maximum Gasteiger partial charge on any atom is 0.280 e. The van der Waals surface area contributed by atoms with Crippen molar-refractivity contribution in [3.63, 3.8) is 0 Å². The van der Waals surface area contributed by atoms with E-state index in [4.69, 9.17) is 10.7 Å². The molecule has 1 heterocycles. The van der Waals surface area contributed by atoms with E-state index in [9.17, 15) is 8.42 Å². The highest BCUT2D eigenvalue weighted by Crippen LogP contribution is 2.36. The Morgan fingerprint density at radius 3 is 2.59 bits per heavy atom. The molecule has 0 aliphatic heterocycles. The lowest BCUT2D eigenvalue weighted by Crippen LogP contribution is -2.22. The molecule has 0 aromatic carbocycles. The Hall–Kier alpha value is -0.550. The van der Waals surface area contributed by atoms with Crippen molar-refractivity contribution in [1.29, 1.82) is 0 Å². The van der Waals surface area contributed by atoms with Gasteiger partial charge in [0.2, 0.25) is 0 Å². The van der Waals surface area contributed by atoms with Crippen LogP contribution in [-0.4, -0.2) is 18.0 Å². The van der Waals surface area contributed by atoms with Crippen molar-refractivity contribution in [1.82, 2.24) is 9.55 Å². The molecule has 0 radical (unpaired) electrons. The van der Waals surface area contributed by atoms with Gasteiger partial charge in [0.15, 0.2) is 5.03 Å². The Bertz CT molecular complexity index is 497. The van der Waals surface area contributed by atoms with Gasteiger partial charge in [-0.1, -0.05) is 13.8 Å². The smallest absolute Gasteiger partial charge is 0.280 e. The quantitative estimate of drug-likeness (QED) is 0.781. The minimum Gasteiger partial charge on any atom is -0.333 e. The van der Waals surface area contributed by atoms with Crippen LogP contribution in [-0.2, 0) is 9.05 Å². The van der Waals surface area contributed by atoms with Crippen molar-refractivity contribution < 1.29 is 8.42 Å². The Morgan fingerprint density at radius 1 is 1.35 bits per heavy atom. The summed E-state index contributed by atoms with van der Waals surface area (Å²) in [5.41, 5.74) is 0. The maximum absolute atomic E-state index is 11.1.